The minimum atomic E-state index is -0.0858. The average molecular weight is 285 g/mol. The van der Waals surface area contributed by atoms with Crippen LogP contribution in [0, 0.1) is 0 Å². The molecular formula is C15H19N5O. The van der Waals surface area contributed by atoms with Crippen molar-refractivity contribution in [2.24, 2.45) is 0 Å². The van der Waals surface area contributed by atoms with Crippen LogP contribution in [-0.2, 0) is 0 Å². The molecule has 2 aromatic rings. The number of aromatic amines is 1. The summed E-state index contributed by atoms with van der Waals surface area (Å²) in [6.45, 7) is 6.58. The van der Waals surface area contributed by atoms with Gasteiger partial charge < -0.3 is 5.32 Å². The lowest BCUT2D eigenvalue weighted by Gasteiger charge is -2.47. The predicted octanol–water partition coefficient (Wildman–Crippen LogP) is 0.335. The highest BCUT2D eigenvalue weighted by molar-refractivity contribution is 5.78. The number of nitrogens with zero attached hydrogens (tertiary/aromatic N) is 3. The number of hydrogen-bond acceptors (Lipinski definition) is 5. The zero-order valence-corrected chi connectivity index (χ0v) is 11.9. The van der Waals surface area contributed by atoms with Crippen molar-refractivity contribution in [3.63, 3.8) is 0 Å². The Bertz CT molecular complexity index is 705. The van der Waals surface area contributed by atoms with Crippen LogP contribution in [0.2, 0.25) is 0 Å². The molecule has 2 N–H and O–H groups in total. The van der Waals surface area contributed by atoms with Crippen LogP contribution >= 0.6 is 0 Å². The molecule has 0 aliphatic carbocycles. The van der Waals surface area contributed by atoms with Gasteiger partial charge in [0.2, 0.25) is 5.95 Å². The van der Waals surface area contributed by atoms with Crippen LogP contribution in [0.25, 0.3) is 10.9 Å². The maximum Gasteiger partial charge on any atom is 0.260 e. The summed E-state index contributed by atoms with van der Waals surface area (Å²) in [5.41, 5.74) is 0.648. The van der Waals surface area contributed by atoms with E-state index in [1.54, 1.807) is 6.07 Å². The monoisotopic (exact) mass is 285 g/mol. The van der Waals surface area contributed by atoms with Gasteiger partial charge in [0.1, 0.15) is 0 Å². The summed E-state index contributed by atoms with van der Waals surface area (Å²) in [6.07, 6.45) is 0. The highest BCUT2D eigenvalue weighted by Crippen LogP contribution is 2.16. The van der Waals surface area contributed by atoms with Crippen LogP contribution in [-0.4, -0.2) is 65.1 Å². The van der Waals surface area contributed by atoms with Gasteiger partial charge in [0.15, 0.2) is 0 Å². The smallest absolute Gasteiger partial charge is 0.260 e. The van der Waals surface area contributed by atoms with E-state index in [0.29, 0.717) is 17.4 Å². The molecule has 3 aliphatic rings. The first kappa shape index (κ1) is 12.8. The van der Waals surface area contributed by atoms with Gasteiger partial charge >= 0.3 is 0 Å². The average Bonchev–Trinajstić information content (AvgIpc) is 2.54. The summed E-state index contributed by atoms with van der Waals surface area (Å²) < 4.78 is 0. The zero-order chi connectivity index (χ0) is 14.2. The molecule has 0 radical (unpaired) electrons. The fourth-order valence-electron chi connectivity index (χ4n) is 3.30. The first-order valence-corrected chi connectivity index (χ1v) is 7.49. The van der Waals surface area contributed by atoms with E-state index in [4.69, 9.17) is 0 Å². The normalized spacial score (nSPS) is 27.9. The molecule has 2 bridgehead atoms. The number of piperazine rings is 3. The molecule has 0 saturated carbocycles. The number of hydrogen-bond donors (Lipinski definition) is 2. The standard InChI is InChI=1S/C15H19N5O/c21-14-12-3-1-2-4-13(12)17-15(18-14)16-9-11-10-19-5-7-20(11)8-6-19/h1-4,11H,5-10H2,(H2,16,17,18,21). The van der Waals surface area contributed by atoms with E-state index >= 15 is 0 Å². The van der Waals surface area contributed by atoms with Crippen molar-refractivity contribution in [3.05, 3.63) is 34.6 Å². The van der Waals surface area contributed by atoms with E-state index in [0.717, 1.165) is 31.7 Å². The van der Waals surface area contributed by atoms with Gasteiger partial charge in [-0.15, -0.1) is 0 Å². The third-order valence-electron chi connectivity index (χ3n) is 4.51. The lowest BCUT2D eigenvalue weighted by atomic mass is 10.1. The Morgan fingerprint density at radius 2 is 2.05 bits per heavy atom. The van der Waals surface area contributed by atoms with Crippen molar-refractivity contribution in [1.29, 1.82) is 0 Å². The molecule has 1 unspecified atom stereocenters. The number of aromatic nitrogens is 2. The maximum absolute atomic E-state index is 12.0. The predicted molar refractivity (Wildman–Crippen MR) is 82.7 cm³/mol. The molecule has 1 aromatic heterocycles. The molecule has 3 fully saturated rings. The second-order valence-corrected chi connectivity index (χ2v) is 5.80. The van der Waals surface area contributed by atoms with Crippen molar-refractivity contribution in [1.82, 2.24) is 19.8 Å². The lowest BCUT2D eigenvalue weighted by molar-refractivity contribution is 0.0189. The van der Waals surface area contributed by atoms with Gasteiger partial charge in [-0.25, -0.2) is 4.98 Å². The fourth-order valence-corrected chi connectivity index (χ4v) is 3.30. The van der Waals surface area contributed by atoms with Gasteiger partial charge in [0.25, 0.3) is 5.56 Å². The van der Waals surface area contributed by atoms with E-state index in [-0.39, 0.29) is 5.56 Å². The SMILES string of the molecule is O=c1[nH]c(NCC2CN3CCN2CC3)nc2ccccc12. The van der Waals surface area contributed by atoms with Crippen LogP contribution in [0.1, 0.15) is 0 Å². The zero-order valence-electron chi connectivity index (χ0n) is 11.9. The summed E-state index contributed by atoms with van der Waals surface area (Å²) in [4.78, 5) is 24.4. The van der Waals surface area contributed by atoms with E-state index in [1.807, 2.05) is 18.2 Å². The van der Waals surface area contributed by atoms with Gasteiger partial charge in [-0.05, 0) is 12.1 Å². The summed E-state index contributed by atoms with van der Waals surface area (Å²) in [5, 5.41) is 3.93. The highest BCUT2D eigenvalue weighted by atomic mass is 16.1. The molecule has 4 heterocycles. The molecule has 6 heteroatoms. The molecule has 0 amide bonds. The van der Waals surface area contributed by atoms with Crippen molar-refractivity contribution in [3.8, 4) is 0 Å². The molecule has 1 atom stereocenters. The first-order chi connectivity index (χ1) is 10.3. The Morgan fingerprint density at radius 3 is 2.81 bits per heavy atom. The molecule has 110 valence electrons. The van der Waals surface area contributed by atoms with Crippen LogP contribution in [0.3, 0.4) is 0 Å². The molecule has 3 saturated heterocycles. The Morgan fingerprint density at radius 1 is 1.24 bits per heavy atom. The van der Waals surface area contributed by atoms with Crippen molar-refractivity contribution >= 4 is 16.9 Å². The topological polar surface area (TPSA) is 64.3 Å². The van der Waals surface area contributed by atoms with Gasteiger partial charge in [-0.1, -0.05) is 12.1 Å². The quantitative estimate of drug-likeness (QED) is 0.851. The number of benzene rings is 1. The van der Waals surface area contributed by atoms with Crippen molar-refractivity contribution in [2.45, 2.75) is 6.04 Å². The summed E-state index contributed by atoms with van der Waals surface area (Å²) in [7, 11) is 0. The number of anilines is 1. The van der Waals surface area contributed by atoms with Crippen LogP contribution in [0.5, 0.6) is 0 Å². The number of fused-ring (bicyclic) bond motifs is 4. The lowest BCUT2D eigenvalue weighted by Crippen LogP contribution is -2.62. The third-order valence-corrected chi connectivity index (χ3v) is 4.51. The van der Waals surface area contributed by atoms with Crippen LogP contribution < -0.4 is 10.9 Å². The van der Waals surface area contributed by atoms with Crippen molar-refractivity contribution < 1.29 is 0 Å². The van der Waals surface area contributed by atoms with E-state index in [1.165, 1.54) is 13.1 Å². The Hall–Kier alpha value is -1.92. The number of H-pyrrole nitrogens is 1. The Kier molecular flexibility index (Phi) is 3.12. The van der Waals surface area contributed by atoms with Gasteiger partial charge in [0.05, 0.1) is 10.9 Å². The maximum atomic E-state index is 12.0. The Labute approximate surface area is 122 Å². The van der Waals surface area contributed by atoms with Crippen LogP contribution in [0.15, 0.2) is 29.1 Å². The van der Waals surface area contributed by atoms with Gasteiger partial charge in [0, 0.05) is 45.3 Å². The second-order valence-electron chi connectivity index (χ2n) is 5.80. The molecule has 6 nitrogen and oxygen atoms in total. The molecule has 1 aromatic carbocycles. The fraction of sp³-hybridized carbons (Fsp3) is 0.467. The number of nitrogens with one attached hydrogen (secondary N) is 2. The molecule has 0 spiro atoms. The van der Waals surface area contributed by atoms with Crippen molar-refractivity contribution in [2.75, 3.05) is 44.6 Å². The van der Waals surface area contributed by atoms with Crippen LogP contribution in [0.4, 0.5) is 5.95 Å². The number of para-hydroxylation sites is 1. The molecule has 21 heavy (non-hydrogen) atoms. The molecular weight excluding hydrogens is 266 g/mol. The molecule has 3 aliphatic heterocycles. The van der Waals surface area contributed by atoms with E-state index < -0.39 is 0 Å². The van der Waals surface area contributed by atoms with Gasteiger partial charge in [-0.3, -0.25) is 19.6 Å². The summed E-state index contributed by atoms with van der Waals surface area (Å²) >= 11 is 0. The summed E-state index contributed by atoms with van der Waals surface area (Å²) in [6, 6.07) is 7.92. The van der Waals surface area contributed by atoms with Gasteiger partial charge in [-0.2, -0.15) is 0 Å². The number of rotatable bonds is 3. The third kappa shape index (κ3) is 2.41. The van der Waals surface area contributed by atoms with E-state index in [2.05, 4.69) is 25.1 Å². The minimum Gasteiger partial charge on any atom is -0.354 e. The second kappa shape index (κ2) is 5.13. The summed E-state index contributed by atoms with van der Waals surface area (Å²) in [5.74, 6) is 0.566. The largest absolute Gasteiger partial charge is 0.354 e. The molecule has 5 rings (SSSR count). The van der Waals surface area contributed by atoms with E-state index in [9.17, 15) is 4.79 Å². The Balaban J connectivity index is 1.51. The highest BCUT2D eigenvalue weighted by Gasteiger charge is 2.31. The minimum absolute atomic E-state index is 0.0858. The first-order valence-electron chi connectivity index (χ1n) is 7.49.